The Labute approximate surface area is 52.9 Å². The molecule has 0 radical (unpaired) electrons. The zero-order valence-electron chi connectivity index (χ0n) is 5.00. The smallest absolute Gasteiger partial charge is 0.520 e. The molecule has 0 fully saturated rings. The van der Waals surface area contributed by atoms with Gasteiger partial charge in [0.15, 0.2) is 6.17 Å². The predicted octanol–water partition coefficient (Wildman–Crippen LogP) is -0.645. The summed E-state index contributed by atoms with van der Waals surface area (Å²) in [6.07, 6.45) is -0.553. The molecule has 4 heteroatoms. The molecular formula is C5H9N2O2+. The second-order valence-electron chi connectivity index (χ2n) is 1.47. The van der Waals surface area contributed by atoms with Crippen molar-refractivity contribution >= 4 is 19.4 Å². The summed E-state index contributed by atoms with van der Waals surface area (Å²) in [7, 11) is 0. The molecule has 0 heterocycles. The van der Waals surface area contributed by atoms with E-state index in [1.54, 1.807) is 0 Å². The molecule has 50 valence electrons. The monoisotopic (exact) mass is 129 g/mol. The molecule has 4 nitrogen and oxygen atoms in total. The van der Waals surface area contributed by atoms with E-state index in [2.05, 4.69) is 23.4 Å². The van der Waals surface area contributed by atoms with E-state index in [4.69, 9.17) is 5.11 Å². The average Bonchev–Trinajstić information content (AvgIpc) is 1.82. The minimum Gasteiger partial charge on any atom is -0.565 e. The summed E-state index contributed by atoms with van der Waals surface area (Å²) in [6, 6.07) is 0. The molecule has 9 heavy (non-hydrogen) atoms. The van der Waals surface area contributed by atoms with Crippen LogP contribution in [0.2, 0.25) is 0 Å². The van der Waals surface area contributed by atoms with Crippen molar-refractivity contribution in [2.75, 3.05) is 0 Å². The van der Waals surface area contributed by atoms with Crippen LogP contribution in [0.3, 0.4) is 0 Å². The molecule has 0 bridgehead atoms. The van der Waals surface area contributed by atoms with Crippen molar-refractivity contribution in [2.45, 2.75) is 12.6 Å². The van der Waals surface area contributed by atoms with Crippen LogP contribution in [0.4, 0.5) is 0 Å². The minimum absolute atomic E-state index is 0.0208. The van der Waals surface area contributed by atoms with E-state index in [-0.39, 0.29) is 6.42 Å². The van der Waals surface area contributed by atoms with Gasteiger partial charge < -0.3 is 5.11 Å². The largest absolute Gasteiger partial charge is 0.565 e. The van der Waals surface area contributed by atoms with Gasteiger partial charge in [-0.05, 0) is 13.4 Å². The average molecular weight is 129 g/mol. The molecule has 0 spiro atoms. The third-order valence-corrected chi connectivity index (χ3v) is 0.789. The topological polar surface area (TPSA) is 64.7 Å². The lowest BCUT2D eigenvalue weighted by Gasteiger charge is -1.95. The zero-order chi connectivity index (χ0) is 7.28. The van der Waals surface area contributed by atoms with Crippen LogP contribution in [-0.2, 0) is 4.79 Å². The summed E-state index contributed by atoms with van der Waals surface area (Å²) in [5, 5.41) is 6.50. The van der Waals surface area contributed by atoms with E-state index in [0.29, 0.717) is 0 Å². The van der Waals surface area contributed by atoms with Crippen molar-refractivity contribution in [3.8, 4) is 0 Å². The molecule has 0 saturated carbocycles. The number of nitrogens with zero attached hydrogens (tertiary/aromatic N) is 2. The molecule has 0 amide bonds. The first-order valence-corrected chi connectivity index (χ1v) is 2.36. The van der Waals surface area contributed by atoms with Gasteiger partial charge in [0.1, 0.15) is 6.42 Å². The molecule has 0 unspecified atom stereocenters. The van der Waals surface area contributed by atoms with Gasteiger partial charge in [-0.25, -0.2) is 0 Å². The molecule has 0 aromatic rings. The van der Waals surface area contributed by atoms with E-state index < -0.39 is 12.1 Å². The number of carbonyl (C=O) groups is 1. The van der Waals surface area contributed by atoms with Gasteiger partial charge in [-0.3, -0.25) is 9.98 Å². The Bertz CT molecular complexity index is 125. The maximum atomic E-state index is 10.1. The van der Waals surface area contributed by atoms with Crippen molar-refractivity contribution in [1.82, 2.24) is 0 Å². The molecule has 0 aliphatic heterocycles. The van der Waals surface area contributed by atoms with Crippen molar-refractivity contribution in [1.29, 1.82) is 0 Å². The van der Waals surface area contributed by atoms with Crippen LogP contribution in [-0.4, -0.2) is 30.7 Å². The highest BCUT2D eigenvalue weighted by Gasteiger charge is 2.12. The molecule has 0 saturated heterocycles. The summed E-state index contributed by atoms with van der Waals surface area (Å²) in [6.45, 7) is 6.33. The van der Waals surface area contributed by atoms with Gasteiger partial charge in [0.05, 0.1) is 0 Å². The lowest BCUT2D eigenvalue weighted by atomic mass is 10.4. The Kier molecular flexibility index (Phi) is 3.27. The second-order valence-corrected chi connectivity index (χ2v) is 1.47. The Hall–Kier alpha value is -1.19. The molecule has 0 aliphatic rings. The van der Waals surface area contributed by atoms with E-state index in [9.17, 15) is 4.79 Å². The molecule has 0 aromatic heterocycles. The van der Waals surface area contributed by atoms with Crippen LogP contribution in [0.15, 0.2) is 9.98 Å². The summed E-state index contributed by atoms with van der Waals surface area (Å²) >= 11 is 0. The Morgan fingerprint density at radius 3 is 2.11 bits per heavy atom. The fraction of sp³-hybridized carbons (Fsp3) is 0.400. The van der Waals surface area contributed by atoms with E-state index in [1.165, 1.54) is 0 Å². The van der Waals surface area contributed by atoms with Crippen LogP contribution < -0.4 is 0 Å². The van der Waals surface area contributed by atoms with Gasteiger partial charge in [0.2, 0.25) is 0 Å². The van der Waals surface area contributed by atoms with E-state index in [1.807, 2.05) is 0 Å². The van der Waals surface area contributed by atoms with Gasteiger partial charge in [0, 0.05) is 4.79 Å². The summed E-state index contributed by atoms with van der Waals surface area (Å²) in [5.41, 5.74) is 0. The lowest BCUT2D eigenvalue weighted by molar-refractivity contribution is -0.137. The first-order valence-electron chi connectivity index (χ1n) is 2.36. The summed E-state index contributed by atoms with van der Waals surface area (Å²) < 4.78 is 0. The Morgan fingerprint density at radius 1 is 1.56 bits per heavy atom. The lowest BCUT2D eigenvalue weighted by Crippen LogP contribution is -2.07. The van der Waals surface area contributed by atoms with Gasteiger partial charge in [-0.1, -0.05) is 0 Å². The Balaban J connectivity index is 3.68. The van der Waals surface area contributed by atoms with Crippen LogP contribution in [0.1, 0.15) is 6.42 Å². The van der Waals surface area contributed by atoms with Crippen LogP contribution in [0, 0.1) is 0 Å². The van der Waals surface area contributed by atoms with Gasteiger partial charge in [0.25, 0.3) is 0 Å². The molecule has 2 N–H and O–H groups in total. The van der Waals surface area contributed by atoms with E-state index in [0.717, 1.165) is 0 Å². The second kappa shape index (κ2) is 3.77. The molecule has 0 aliphatic carbocycles. The zero-order valence-corrected chi connectivity index (χ0v) is 5.00. The van der Waals surface area contributed by atoms with Crippen molar-refractivity contribution in [3.05, 3.63) is 0 Å². The highest BCUT2D eigenvalue weighted by atomic mass is 16.4. The molecule has 0 atom stereocenters. The fourth-order valence-electron chi connectivity index (χ4n) is 0.353. The molecule has 0 rings (SSSR count). The molecular weight excluding hydrogens is 120 g/mol. The van der Waals surface area contributed by atoms with E-state index >= 15 is 0 Å². The quantitative estimate of drug-likeness (QED) is 0.367. The number of hydrogen-bond donors (Lipinski definition) is 0. The first kappa shape index (κ1) is 7.81. The number of aliphatic imine (C=N–C) groups is 2. The maximum absolute atomic E-state index is 10.1. The Morgan fingerprint density at radius 2 is 2.00 bits per heavy atom. The standard InChI is InChI=1S/C5H8N2O2/c1-6-4(7-2)3-5(8)9/h4H,1-3H2,(H,8,9)/p+1. The third-order valence-electron chi connectivity index (χ3n) is 0.789. The summed E-state index contributed by atoms with van der Waals surface area (Å²) in [4.78, 5) is 16.9. The maximum Gasteiger partial charge on any atom is 0.520 e. The molecule has 0 aromatic carbocycles. The normalized spacial score (nSPS) is 9.00. The van der Waals surface area contributed by atoms with Crippen molar-refractivity contribution in [3.63, 3.8) is 0 Å². The fourth-order valence-corrected chi connectivity index (χ4v) is 0.353. The summed E-state index contributed by atoms with van der Waals surface area (Å²) in [5.74, 6) is -0.695. The number of rotatable bonds is 4. The van der Waals surface area contributed by atoms with Crippen molar-refractivity contribution in [2.24, 2.45) is 9.98 Å². The first-order chi connectivity index (χ1) is 4.20. The predicted molar refractivity (Wildman–Crippen MR) is 36.1 cm³/mol. The highest BCUT2D eigenvalue weighted by molar-refractivity contribution is 5.67. The van der Waals surface area contributed by atoms with Crippen LogP contribution >= 0.6 is 0 Å². The van der Waals surface area contributed by atoms with Gasteiger partial charge in [-0.15, -0.1) is 0 Å². The highest BCUT2D eigenvalue weighted by Crippen LogP contribution is 1.96. The number of hydrogen-bond acceptors (Lipinski definition) is 3. The van der Waals surface area contributed by atoms with Gasteiger partial charge in [-0.2, -0.15) is 0 Å². The number of carbonyl (C=O) groups excluding carboxylic acids is 1. The van der Waals surface area contributed by atoms with Gasteiger partial charge >= 0.3 is 5.97 Å². The van der Waals surface area contributed by atoms with Crippen LogP contribution in [0.25, 0.3) is 0 Å². The minimum atomic E-state index is -0.695. The van der Waals surface area contributed by atoms with Crippen LogP contribution in [0.5, 0.6) is 0 Å². The third kappa shape index (κ3) is 3.40. The SMILES string of the molecule is C=NC(CC(=O)[OH2+])N=C. The van der Waals surface area contributed by atoms with Crippen molar-refractivity contribution < 1.29 is 9.90 Å².